The lowest BCUT2D eigenvalue weighted by Gasteiger charge is -2.39. The number of fused-ring (bicyclic) bond motifs is 8. The standard InChI is InChI=1S/C23H17ClF4N4O2/c24-13-1-2-18-12(7-13)10-29-6-5-17-19(3-4-21(33)30-17)32-11-31(18)20-9-15(23(26,27)28)16(25)8-14(20)22(32)34/h1-4,7-9,29H,5-6,10-11H2,(H,30,33). The quantitative estimate of drug-likeness (QED) is 0.451. The number of halogens is 5. The third-order valence-electron chi connectivity index (χ3n) is 5.91. The molecule has 0 saturated carbocycles. The van der Waals surface area contributed by atoms with E-state index >= 15 is 0 Å². The zero-order chi connectivity index (χ0) is 24.2. The van der Waals surface area contributed by atoms with Gasteiger partial charge in [-0.25, -0.2) is 4.39 Å². The molecule has 1 aromatic heterocycles. The largest absolute Gasteiger partial charge is 0.419 e. The first-order valence-electron chi connectivity index (χ1n) is 10.3. The van der Waals surface area contributed by atoms with Crippen LogP contribution in [0.4, 0.5) is 34.6 Å². The molecule has 34 heavy (non-hydrogen) atoms. The molecule has 2 aliphatic heterocycles. The number of amides is 1. The van der Waals surface area contributed by atoms with Crippen LogP contribution in [0, 0.1) is 5.82 Å². The Morgan fingerprint density at radius 2 is 1.71 bits per heavy atom. The number of H-pyrrole nitrogens is 1. The Balaban J connectivity index is 1.79. The molecule has 2 N–H and O–H groups in total. The summed E-state index contributed by atoms with van der Waals surface area (Å²) in [6, 6.07) is 8.97. The Bertz CT molecular complexity index is 1370. The van der Waals surface area contributed by atoms with E-state index < -0.39 is 23.5 Å². The molecule has 0 aliphatic carbocycles. The third kappa shape index (κ3) is 3.82. The average Bonchev–Trinajstić information content (AvgIpc) is 2.79. The maximum atomic E-state index is 14.5. The van der Waals surface area contributed by atoms with Crippen LogP contribution in [0.3, 0.4) is 0 Å². The van der Waals surface area contributed by atoms with E-state index in [1.807, 2.05) is 0 Å². The van der Waals surface area contributed by atoms with Crippen LogP contribution in [-0.4, -0.2) is 24.1 Å². The number of pyridine rings is 1. The Morgan fingerprint density at radius 1 is 0.941 bits per heavy atom. The van der Waals surface area contributed by atoms with E-state index in [2.05, 4.69) is 10.3 Å². The monoisotopic (exact) mass is 492 g/mol. The number of benzene rings is 2. The number of carbonyl (C=O) groups is 1. The summed E-state index contributed by atoms with van der Waals surface area (Å²) in [7, 11) is 0. The summed E-state index contributed by atoms with van der Waals surface area (Å²) < 4.78 is 55.1. The molecule has 0 atom stereocenters. The number of carbonyl (C=O) groups excluding carboxylic acids is 1. The second-order valence-electron chi connectivity index (χ2n) is 8.04. The molecule has 176 valence electrons. The number of alkyl halides is 3. The zero-order valence-corrected chi connectivity index (χ0v) is 18.2. The molecule has 0 fully saturated rings. The van der Waals surface area contributed by atoms with E-state index in [1.165, 1.54) is 21.9 Å². The number of aromatic nitrogens is 1. The van der Waals surface area contributed by atoms with Crippen LogP contribution in [0.25, 0.3) is 0 Å². The molecule has 0 radical (unpaired) electrons. The molecule has 3 aromatic rings. The van der Waals surface area contributed by atoms with Crippen molar-refractivity contribution in [3.05, 3.63) is 86.0 Å². The van der Waals surface area contributed by atoms with Gasteiger partial charge in [0.2, 0.25) is 5.56 Å². The molecule has 0 saturated heterocycles. The number of rotatable bonds is 0. The molecule has 2 aromatic carbocycles. The van der Waals surface area contributed by atoms with E-state index in [0.717, 1.165) is 0 Å². The molecule has 5 rings (SSSR count). The lowest BCUT2D eigenvalue weighted by Crippen LogP contribution is -2.46. The van der Waals surface area contributed by atoms with Gasteiger partial charge in [-0.3, -0.25) is 14.5 Å². The van der Waals surface area contributed by atoms with Crippen molar-refractivity contribution in [1.29, 1.82) is 0 Å². The topological polar surface area (TPSA) is 68.4 Å². The van der Waals surface area contributed by atoms with Gasteiger partial charge in [0.25, 0.3) is 5.91 Å². The van der Waals surface area contributed by atoms with E-state index in [4.69, 9.17) is 11.6 Å². The van der Waals surface area contributed by atoms with Gasteiger partial charge in [-0.05, 0) is 42.0 Å². The van der Waals surface area contributed by atoms with Crippen LogP contribution in [0.2, 0.25) is 5.02 Å². The molecule has 2 bridgehead atoms. The van der Waals surface area contributed by atoms with Crippen molar-refractivity contribution in [2.45, 2.75) is 19.1 Å². The first-order chi connectivity index (χ1) is 16.1. The maximum absolute atomic E-state index is 14.5. The van der Waals surface area contributed by atoms with E-state index in [9.17, 15) is 27.2 Å². The summed E-state index contributed by atoms with van der Waals surface area (Å²) in [6.07, 6.45) is -4.57. The molecule has 3 heterocycles. The highest BCUT2D eigenvalue weighted by Crippen LogP contribution is 2.42. The van der Waals surface area contributed by atoms with Crippen molar-refractivity contribution < 1.29 is 22.4 Å². The van der Waals surface area contributed by atoms with Crippen LogP contribution in [0.15, 0.2) is 47.3 Å². The fourth-order valence-electron chi connectivity index (χ4n) is 4.34. The number of nitrogens with one attached hydrogen (secondary N) is 2. The van der Waals surface area contributed by atoms with Gasteiger partial charge in [-0.15, -0.1) is 0 Å². The Labute approximate surface area is 195 Å². The molecule has 11 heteroatoms. The van der Waals surface area contributed by atoms with E-state index in [-0.39, 0.29) is 23.5 Å². The van der Waals surface area contributed by atoms with Crippen molar-refractivity contribution in [3.8, 4) is 0 Å². The summed E-state index contributed by atoms with van der Waals surface area (Å²) in [5, 5.41) is 3.67. The van der Waals surface area contributed by atoms with Gasteiger partial charge in [0.15, 0.2) is 0 Å². The van der Waals surface area contributed by atoms with Crippen LogP contribution in [0.5, 0.6) is 0 Å². The molecule has 0 spiro atoms. The molecular formula is C23H17ClF4N4O2. The number of aromatic amines is 1. The van der Waals surface area contributed by atoms with E-state index in [1.54, 1.807) is 18.2 Å². The molecular weight excluding hydrogens is 476 g/mol. The number of hydrogen-bond donors (Lipinski definition) is 2. The predicted molar refractivity (Wildman–Crippen MR) is 119 cm³/mol. The second-order valence-corrected chi connectivity index (χ2v) is 8.47. The van der Waals surface area contributed by atoms with Gasteiger partial charge in [-0.1, -0.05) is 11.6 Å². The van der Waals surface area contributed by atoms with Gasteiger partial charge in [0, 0.05) is 42.0 Å². The first kappa shape index (κ1) is 22.4. The zero-order valence-electron chi connectivity index (χ0n) is 17.5. The third-order valence-corrected chi connectivity index (χ3v) is 6.14. The smallest absolute Gasteiger partial charge is 0.324 e. The number of hydrogen-bond acceptors (Lipinski definition) is 4. The Hall–Kier alpha value is -3.37. The van der Waals surface area contributed by atoms with Crippen LogP contribution >= 0.6 is 11.6 Å². The highest BCUT2D eigenvalue weighted by atomic mass is 35.5. The van der Waals surface area contributed by atoms with Crippen LogP contribution in [0.1, 0.15) is 27.2 Å². The fraction of sp³-hybridized carbons (Fsp3) is 0.217. The minimum atomic E-state index is -4.94. The lowest BCUT2D eigenvalue weighted by molar-refractivity contribution is -0.139. The summed E-state index contributed by atoms with van der Waals surface area (Å²) >= 11 is 6.18. The average molecular weight is 493 g/mol. The number of nitrogens with zero attached hydrogens (tertiary/aromatic N) is 2. The maximum Gasteiger partial charge on any atom is 0.419 e. The SMILES string of the molecule is O=C1c2cc(F)c(C(F)(F)F)cc2N2CN1c1ccc(=O)[nH]c1CCNCc1cc(Cl)ccc12. The summed E-state index contributed by atoms with van der Waals surface area (Å²) in [5.41, 5.74) is -0.0292. The van der Waals surface area contributed by atoms with Gasteiger partial charge < -0.3 is 15.2 Å². The molecule has 1 amide bonds. The summed E-state index contributed by atoms with van der Waals surface area (Å²) in [6.45, 7) is 0.624. The molecule has 2 aliphatic rings. The van der Waals surface area contributed by atoms with Crippen molar-refractivity contribution in [1.82, 2.24) is 10.3 Å². The lowest BCUT2D eigenvalue weighted by atomic mass is 10.0. The normalized spacial score (nSPS) is 15.9. The summed E-state index contributed by atoms with van der Waals surface area (Å²) in [4.78, 5) is 31.0. The van der Waals surface area contributed by atoms with Crippen LogP contribution < -0.4 is 20.7 Å². The highest BCUT2D eigenvalue weighted by Gasteiger charge is 2.40. The molecule has 0 unspecified atom stereocenters. The Kier molecular flexibility index (Phi) is 5.37. The van der Waals surface area contributed by atoms with Crippen molar-refractivity contribution in [3.63, 3.8) is 0 Å². The minimum absolute atomic E-state index is 0.0660. The van der Waals surface area contributed by atoms with Crippen molar-refractivity contribution in [2.75, 3.05) is 23.0 Å². The minimum Gasteiger partial charge on any atom is -0.324 e. The number of anilines is 3. The van der Waals surface area contributed by atoms with Gasteiger partial charge >= 0.3 is 6.18 Å². The van der Waals surface area contributed by atoms with Gasteiger partial charge in [0.1, 0.15) is 12.5 Å². The molecule has 6 nitrogen and oxygen atoms in total. The predicted octanol–water partition coefficient (Wildman–Crippen LogP) is 4.59. The second kappa shape index (κ2) is 8.14. The van der Waals surface area contributed by atoms with Gasteiger partial charge in [0.05, 0.1) is 22.5 Å². The van der Waals surface area contributed by atoms with Crippen molar-refractivity contribution in [2.24, 2.45) is 0 Å². The van der Waals surface area contributed by atoms with E-state index in [0.29, 0.717) is 59.3 Å². The van der Waals surface area contributed by atoms with Crippen molar-refractivity contribution >= 4 is 34.6 Å². The fourth-order valence-corrected chi connectivity index (χ4v) is 4.54. The Morgan fingerprint density at radius 3 is 2.47 bits per heavy atom. The first-order valence-corrected chi connectivity index (χ1v) is 10.7. The highest BCUT2D eigenvalue weighted by molar-refractivity contribution is 6.30. The summed E-state index contributed by atoms with van der Waals surface area (Å²) in [5.74, 6) is -2.21. The van der Waals surface area contributed by atoms with Crippen LogP contribution in [-0.2, 0) is 19.1 Å². The van der Waals surface area contributed by atoms with Gasteiger partial charge in [-0.2, -0.15) is 13.2 Å².